The Bertz CT molecular complexity index is 918. The van der Waals surface area contributed by atoms with Crippen molar-refractivity contribution in [2.75, 3.05) is 6.54 Å². The summed E-state index contributed by atoms with van der Waals surface area (Å²) in [6.07, 6.45) is 5.41. The maximum absolute atomic E-state index is 12.4. The molecule has 3 aromatic heterocycles. The van der Waals surface area contributed by atoms with Crippen molar-refractivity contribution in [3.05, 3.63) is 36.0 Å². The SMILES string of the molecule is Cc1nn(C)c(C)c1S(=O)(=O)NCCn1ccn2nccc12. The number of nitrogens with zero attached hydrogens (tertiary/aromatic N) is 5. The van der Waals surface area contributed by atoms with Crippen LogP contribution < -0.4 is 4.72 Å². The lowest BCUT2D eigenvalue weighted by Gasteiger charge is -2.08. The summed E-state index contributed by atoms with van der Waals surface area (Å²) in [4.78, 5) is 0.261. The summed E-state index contributed by atoms with van der Waals surface area (Å²) >= 11 is 0. The molecule has 0 aromatic carbocycles. The summed E-state index contributed by atoms with van der Waals surface area (Å²) in [5.74, 6) is 0. The van der Waals surface area contributed by atoms with Crippen molar-refractivity contribution >= 4 is 15.7 Å². The number of imidazole rings is 1. The molecule has 0 bridgehead atoms. The molecular formula is C13H18N6O2S. The normalized spacial score (nSPS) is 12.3. The number of rotatable bonds is 5. The molecule has 0 saturated heterocycles. The average molecular weight is 322 g/mol. The highest BCUT2D eigenvalue weighted by molar-refractivity contribution is 7.89. The molecule has 0 aliphatic heterocycles. The van der Waals surface area contributed by atoms with Crippen LogP contribution in [0.3, 0.4) is 0 Å². The van der Waals surface area contributed by atoms with E-state index in [-0.39, 0.29) is 4.90 Å². The van der Waals surface area contributed by atoms with Gasteiger partial charge in [-0.05, 0) is 13.8 Å². The third-order valence-electron chi connectivity index (χ3n) is 3.69. The smallest absolute Gasteiger partial charge is 0.244 e. The molecule has 0 aliphatic carbocycles. The number of hydrogen-bond acceptors (Lipinski definition) is 4. The van der Waals surface area contributed by atoms with Gasteiger partial charge in [-0.25, -0.2) is 17.7 Å². The van der Waals surface area contributed by atoms with E-state index in [4.69, 9.17) is 0 Å². The topological polar surface area (TPSA) is 86.2 Å². The summed E-state index contributed by atoms with van der Waals surface area (Å²) in [7, 11) is -1.83. The van der Waals surface area contributed by atoms with Gasteiger partial charge < -0.3 is 4.57 Å². The van der Waals surface area contributed by atoms with Crippen LogP contribution in [0.25, 0.3) is 5.65 Å². The molecule has 0 fully saturated rings. The van der Waals surface area contributed by atoms with E-state index in [0.717, 1.165) is 5.65 Å². The average Bonchev–Trinajstić information content (AvgIpc) is 3.08. The lowest BCUT2D eigenvalue weighted by Crippen LogP contribution is -2.28. The highest BCUT2D eigenvalue weighted by Gasteiger charge is 2.23. The molecule has 3 heterocycles. The van der Waals surface area contributed by atoms with Gasteiger partial charge >= 0.3 is 0 Å². The van der Waals surface area contributed by atoms with Crippen molar-refractivity contribution in [1.29, 1.82) is 0 Å². The maximum Gasteiger partial charge on any atom is 0.244 e. The molecule has 118 valence electrons. The molecule has 1 N–H and O–H groups in total. The van der Waals surface area contributed by atoms with Crippen LogP contribution in [0.2, 0.25) is 0 Å². The van der Waals surface area contributed by atoms with Gasteiger partial charge in [0, 0.05) is 38.6 Å². The number of aromatic nitrogens is 5. The molecule has 3 rings (SSSR count). The van der Waals surface area contributed by atoms with Crippen LogP contribution in [0.15, 0.2) is 29.6 Å². The molecule has 0 saturated carbocycles. The quantitative estimate of drug-likeness (QED) is 0.739. The molecule has 0 atom stereocenters. The second-order valence-corrected chi connectivity index (χ2v) is 6.85. The Hall–Kier alpha value is -2.13. The van der Waals surface area contributed by atoms with Crippen molar-refractivity contribution in [3.8, 4) is 0 Å². The summed E-state index contributed by atoms with van der Waals surface area (Å²) in [6.45, 7) is 4.27. The van der Waals surface area contributed by atoms with Gasteiger partial charge in [0.2, 0.25) is 10.0 Å². The number of nitrogens with one attached hydrogen (secondary N) is 1. The predicted molar refractivity (Wildman–Crippen MR) is 81.1 cm³/mol. The monoisotopic (exact) mass is 322 g/mol. The lowest BCUT2D eigenvalue weighted by molar-refractivity contribution is 0.573. The molecule has 22 heavy (non-hydrogen) atoms. The van der Waals surface area contributed by atoms with E-state index in [1.54, 1.807) is 36.3 Å². The zero-order valence-electron chi connectivity index (χ0n) is 12.7. The highest BCUT2D eigenvalue weighted by atomic mass is 32.2. The minimum absolute atomic E-state index is 0.261. The van der Waals surface area contributed by atoms with Crippen LogP contribution >= 0.6 is 0 Å². The molecule has 0 aliphatic rings. The third kappa shape index (κ3) is 2.42. The standard InChI is InChI=1S/C13H18N6O2S/c1-10-13(11(2)17(3)16-10)22(20,21)15-6-7-18-8-9-19-12(18)4-5-14-19/h4-5,8-9,15H,6-7H2,1-3H3. The predicted octanol–water partition coefficient (Wildman–Crippen LogP) is 0.465. The van der Waals surface area contributed by atoms with E-state index in [1.807, 2.05) is 23.0 Å². The maximum atomic E-state index is 12.4. The molecule has 9 heteroatoms. The Labute approximate surface area is 128 Å². The lowest BCUT2D eigenvalue weighted by atomic mass is 10.4. The fourth-order valence-corrected chi connectivity index (χ4v) is 4.03. The summed E-state index contributed by atoms with van der Waals surface area (Å²) in [5.41, 5.74) is 2.06. The Morgan fingerprint density at radius 3 is 2.73 bits per heavy atom. The first-order chi connectivity index (χ1) is 10.4. The molecule has 8 nitrogen and oxygen atoms in total. The molecule has 0 radical (unpaired) electrons. The Kier molecular flexibility index (Phi) is 3.53. The van der Waals surface area contributed by atoms with E-state index >= 15 is 0 Å². The first kappa shape index (κ1) is 14.8. The summed E-state index contributed by atoms with van der Waals surface area (Å²) < 4.78 is 32.8. The third-order valence-corrected chi connectivity index (χ3v) is 5.40. The molecule has 0 unspecified atom stereocenters. The van der Waals surface area contributed by atoms with Gasteiger partial charge in [-0.3, -0.25) is 4.68 Å². The van der Waals surface area contributed by atoms with E-state index in [0.29, 0.717) is 24.5 Å². The number of hydrogen-bond donors (Lipinski definition) is 1. The van der Waals surface area contributed by atoms with Crippen LogP contribution in [0.5, 0.6) is 0 Å². The van der Waals surface area contributed by atoms with Crippen molar-refractivity contribution in [3.63, 3.8) is 0 Å². The van der Waals surface area contributed by atoms with Gasteiger partial charge in [-0.1, -0.05) is 0 Å². The van der Waals surface area contributed by atoms with Crippen LogP contribution in [0.4, 0.5) is 0 Å². The highest BCUT2D eigenvalue weighted by Crippen LogP contribution is 2.18. The van der Waals surface area contributed by atoms with Gasteiger partial charge in [0.25, 0.3) is 0 Å². The fourth-order valence-electron chi connectivity index (χ4n) is 2.57. The Morgan fingerprint density at radius 2 is 2.05 bits per heavy atom. The van der Waals surface area contributed by atoms with Crippen LogP contribution in [0.1, 0.15) is 11.4 Å². The molecule has 0 amide bonds. The van der Waals surface area contributed by atoms with Crippen LogP contribution in [-0.4, -0.2) is 38.9 Å². The zero-order valence-corrected chi connectivity index (χ0v) is 13.5. The molecule has 0 spiro atoms. The minimum atomic E-state index is -3.56. The second-order valence-electron chi connectivity index (χ2n) is 5.15. The fraction of sp³-hybridized carbons (Fsp3) is 0.385. The van der Waals surface area contributed by atoms with Gasteiger partial charge in [-0.2, -0.15) is 10.2 Å². The first-order valence-corrected chi connectivity index (χ1v) is 8.37. The largest absolute Gasteiger partial charge is 0.330 e. The van der Waals surface area contributed by atoms with E-state index in [9.17, 15) is 8.42 Å². The minimum Gasteiger partial charge on any atom is -0.330 e. The first-order valence-electron chi connectivity index (χ1n) is 6.88. The number of sulfonamides is 1. The van der Waals surface area contributed by atoms with Crippen molar-refractivity contribution < 1.29 is 8.42 Å². The van der Waals surface area contributed by atoms with Gasteiger partial charge in [0.1, 0.15) is 10.5 Å². The van der Waals surface area contributed by atoms with Crippen LogP contribution in [-0.2, 0) is 23.6 Å². The van der Waals surface area contributed by atoms with Crippen molar-refractivity contribution in [1.82, 2.24) is 28.7 Å². The molecular weight excluding hydrogens is 304 g/mol. The van der Waals surface area contributed by atoms with Gasteiger partial charge in [0.05, 0.1) is 17.6 Å². The van der Waals surface area contributed by atoms with Gasteiger partial charge in [0.15, 0.2) is 0 Å². The van der Waals surface area contributed by atoms with E-state index < -0.39 is 10.0 Å². The summed E-state index contributed by atoms with van der Waals surface area (Å²) in [6, 6.07) is 1.88. The van der Waals surface area contributed by atoms with E-state index in [1.165, 1.54) is 0 Å². The van der Waals surface area contributed by atoms with Crippen LogP contribution in [0, 0.1) is 13.8 Å². The zero-order chi connectivity index (χ0) is 15.9. The number of aryl methyl sites for hydroxylation is 2. The Morgan fingerprint density at radius 1 is 1.27 bits per heavy atom. The number of fused-ring (bicyclic) bond motifs is 1. The van der Waals surface area contributed by atoms with E-state index in [2.05, 4.69) is 14.9 Å². The Balaban J connectivity index is 1.74. The second kappa shape index (κ2) is 5.25. The molecule has 3 aromatic rings. The van der Waals surface area contributed by atoms with Gasteiger partial charge in [-0.15, -0.1) is 0 Å². The van der Waals surface area contributed by atoms with Crippen molar-refractivity contribution in [2.45, 2.75) is 25.3 Å². The van der Waals surface area contributed by atoms with Crippen molar-refractivity contribution in [2.24, 2.45) is 7.05 Å². The summed E-state index contributed by atoms with van der Waals surface area (Å²) in [5, 5.41) is 8.27.